The minimum Gasteiger partial charge on any atom is -0.497 e. The monoisotopic (exact) mass is 437 g/mol. The highest BCUT2D eigenvalue weighted by atomic mass is 16.5. The number of benzene rings is 2. The van der Waals surface area contributed by atoms with Gasteiger partial charge in [-0.1, -0.05) is 36.4 Å². The summed E-state index contributed by atoms with van der Waals surface area (Å²) in [5.41, 5.74) is 3.66. The van der Waals surface area contributed by atoms with Gasteiger partial charge < -0.3 is 15.0 Å². The van der Waals surface area contributed by atoms with Crippen LogP contribution in [0.3, 0.4) is 0 Å². The molecule has 0 radical (unpaired) electrons. The number of hydrogen-bond donors (Lipinski definition) is 1. The number of amides is 2. The number of rotatable bonds is 9. The molecule has 0 aliphatic carbocycles. The van der Waals surface area contributed by atoms with Crippen molar-refractivity contribution in [2.24, 2.45) is 0 Å². The van der Waals surface area contributed by atoms with E-state index in [4.69, 9.17) is 4.74 Å². The minimum atomic E-state index is 0.0536. The van der Waals surface area contributed by atoms with Crippen molar-refractivity contribution in [3.8, 4) is 5.75 Å². The molecule has 1 saturated heterocycles. The Morgan fingerprint density at radius 1 is 0.969 bits per heavy atom. The van der Waals surface area contributed by atoms with Gasteiger partial charge in [0.2, 0.25) is 11.8 Å². The number of carbonyl (C=O) groups is 2. The van der Waals surface area contributed by atoms with Crippen molar-refractivity contribution < 1.29 is 14.3 Å². The van der Waals surface area contributed by atoms with E-state index in [9.17, 15) is 9.59 Å². The Bertz CT molecular complexity index is 882. The molecule has 0 saturated carbocycles. The molecule has 32 heavy (non-hydrogen) atoms. The van der Waals surface area contributed by atoms with Gasteiger partial charge in [-0.2, -0.15) is 0 Å². The summed E-state index contributed by atoms with van der Waals surface area (Å²) in [6, 6.07) is 16.1. The first kappa shape index (κ1) is 23.8. The summed E-state index contributed by atoms with van der Waals surface area (Å²) in [5, 5.41) is 3.04. The average Bonchev–Trinajstić information content (AvgIpc) is 3.04. The Hall–Kier alpha value is -2.86. The number of nitrogens with one attached hydrogen (secondary N) is 1. The van der Waals surface area contributed by atoms with E-state index in [0.29, 0.717) is 26.1 Å². The number of methoxy groups -OCH3 is 1. The molecule has 1 aliphatic heterocycles. The molecule has 2 aromatic rings. The van der Waals surface area contributed by atoms with Gasteiger partial charge in [0.15, 0.2) is 0 Å². The zero-order valence-electron chi connectivity index (χ0n) is 19.3. The van der Waals surface area contributed by atoms with Gasteiger partial charge in [0, 0.05) is 39.1 Å². The van der Waals surface area contributed by atoms with Crippen LogP contribution in [-0.2, 0) is 22.4 Å². The molecule has 1 N–H and O–H groups in total. The highest BCUT2D eigenvalue weighted by Crippen LogP contribution is 2.14. The van der Waals surface area contributed by atoms with Crippen LogP contribution < -0.4 is 10.1 Å². The Balaban J connectivity index is 1.36. The third kappa shape index (κ3) is 7.38. The van der Waals surface area contributed by atoms with Crippen molar-refractivity contribution in [1.29, 1.82) is 0 Å². The van der Waals surface area contributed by atoms with Gasteiger partial charge in [-0.25, -0.2) is 0 Å². The third-order valence-corrected chi connectivity index (χ3v) is 6.07. The number of carbonyl (C=O) groups excluding carboxylic acids is 2. The molecule has 1 heterocycles. The fraction of sp³-hybridized carbons (Fsp3) is 0.462. The first-order valence-electron chi connectivity index (χ1n) is 11.5. The molecule has 0 aromatic heterocycles. The van der Waals surface area contributed by atoms with Crippen molar-refractivity contribution >= 4 is 11.8 Å². The van der Waals surface area contributed by atoms with Gasteiger partial charge in [-0.3, -0.25) is 14.5 Å². The second-order valence-corrected chi connectivity index (χ2v) is 8.39. The lowest BCUT2D eigenvalue weighted by molar-refractivity contribution is -0.131. The predicted molar refractivity (Wildman–Crippen MR) is 127 cm³/mol. The average molecular weight is 438 g/mol. The fourth-order valence-corrected chi connectivity index (χ4v) is 4.07. The van der Waals surface area contributed by atoms with Crippen LogP contribution in [0.2, 0.25) is 0 Å². The largest absolute Gasteiger partial charge is 0.497 e. The standard InChI is InChI=1S/C26H35N3O3/c1-21-6-3-4-7-23(21)14-15-27-25(30)20-28-16-5-17-29(19-18-28)26(31)13-10-22-8-11-24(32-2)12-9-22/h3-4,6-9,11-12H,5,10,13-20H2,1-2H3,(H,27,30). The molecule has 0 bridgehead atoms. The fourth-order valence-electron chi connectivity index (χ4n) is 4.07. The van der Waals surface area contributed by atoms with E-state index in [1.165, 1.54) is 11.1 Å². The molecule has 0 atom stereocenters. The van der Waals surface area contributed by atoms with Crippen molar-refractivity contribution in [2.45, 2.75) is 32.6 Å². The van der Waals surface area contributed by atoms with Gasteiger partial charge in [0.1, 0.15) is 5.75 Å². The lowest BCUT2D eigenvalue weighted by atomic mass is 10.1. The second-order valence-electron chi connectivity index (χ2n) is 8.39. The third-order valence-electron chi connectivity index (χ3n) is 6.07. The van der Waals surface area contributed by atoms with Crippen LogP contribution in [0.5, 0.6) is 5.75 Å². The summed E-state index contributed by atoms with van der Waals surface area (Å²) < 4.78 is 5.18. The zero-order chi connectivity index (χ0) is 22.8. The van der Waals surface area contributed by atoms with Crippen molar-refractivity contribution in [1.82, 2.24) is 15.1 Å². The normalized spacial score (nSPS) is 14.6. The van der Waals surface area contributed by atoms with E-state index >= 15 is 0 Å². The summed E-state index contributed by atoms with van der Waals surface area (Å²) in [4.78, 5) is 29.2. The molecule has 0 unspecified atom stereocenters. The maximum absolute atomic E-state index is 12.7. The van der Waals surface area contributed by atoms with E-state index in [-0.39, 0.29) is 11.8 Å². The van der Waals surface area contributed by atoms with Crippen molar-refractivity contribution in [3.05, 3.63) is 65.2 Å². The van der Waals surface area contributed by atoms with Crippen LogP contribution >= 0.6 is 0 Å². The topological polar surface area (TPSA) is 61.9 Å². The summed E-state index contributed by atoms with van der Waals surface area (Å²) >= 11 is 0. The van der Waals surface area contributed by atoms with Crippen molar-refractivity contribution in [3.63, 3.8) is 0 Å². The van der Waals surface area contributed by atoms with Gasteiger partial charge in [0.25, 0.3) is 0 Å². The summed E-state index contributed by atoms with van der Waals surface area (Å²) in [5.74, 6) is 1.06. The molecule has 1 fully saturated rings. The van der Waals surface area contributed by atoms with E-state index in [1.807, 2.05) is 41.3 Å². The van der Waals surface area contributed by atoms with Crippen molar-refractivity contribution in [2.75, 3.05) is 46.4 Å². The van der Waals surface area contributed by atoms with Crippen LogP contribution in [-0.4, -0.2) is 68.0 Å². The summed E-state index contributed by atoms with van der Waals surface area (Å²) in [6.45, 7) is 6.14. The highest BCUT2D eigenvalue weighted by Gasteiger charge is 2.20. The SMILES string of the molecule is COc1ccc(CCC(=O)N2CCCN(CC(=O)NCCc3ccccc3C)CC2)cc1. The van der Waals surface area contributed by atoms with Gasteiger partial charge in [0.05, 0.1) is 13.7 Å². The Morgan fingerprint density at radius 2 is 1.75 bits per heavy atom. The maximum Gasteiger partial charge on any atom is 0.234 e. The van der Waals surface area contributed by atoms with Crippen LogP contribution in [0.1, 0.15) is 29.5 Å². The van der Waals surface area contributed by atoms with Crippen LogP contribution in [0, 0.1) is 6.92 Å². The molecule has 2 amide bonds. The molecule has 6 nitrogen and oxygen atoms in total. The van der Waals surface area contributed by atoms with E-state index in [1.54, 1.807) is 7.11 Å². The van der Waals surface area contributed by atoms with Crippen LogP contribution in [0.4, 0.5) is 0 Å². The summed E-state index contributed by atoms with van der Waals surface area (Å²) in [6.07, 6.45) is 2.97. The molecule has 172 valence electrons. The molecule has 2 aromatic carbocycles. The molecule has 0 spiro atoms. The molecular weight excluding hydrogens is 402 g/mol. The van der Waals surface area contributed by atoms with Gasteiger partial charge in [-0.05, 0) is 55.0 Å². The summed E-state index contributed by atoms with van der Waals surface area (Å²) in [7, 11) is 1.65. The lowest BCUT2D eigenvalue weighted by Gasteiger charge is -2.22. The Labute approximate surface area is 191 Å². The van der Waals surface area contributed by atoms with E-state index in [2.05, 4.69) is 29.3 Å². The molecule has 6 heteroatoms. The smallest absolute Gasteiger partial charge is 0.234 e. The molecular formula is C26H35N3O3. The van der Waals surface area contributed by atoms with Gasteiger partial charge >= 0.3 is 0 Å². The Morgan fingerprint density at radius 3 is 2.50 bits per heavy atom. The highest BCUT2D eigenvalue weighted by molar-refractivity contribution is 5.78. The predicted octanol–water partition coefficient (Wildman–Crippen LogP) is 2.83. The number of ether oxygens (including phenoxy) is 1. The maximum atomic E-state index is 12.7. The second kappa shape index (κ2) is 12.2. The minimum absolute atomic E-state index is 0.0536. The molecule has 1 aliphatic rings. The van der Waals surface area contributed by atoms with Crippen LogP contribution in [0.15, 0.2) is 48.5 Å². The Kier molecular flexibility index (Phi) is 9.11. The lowest BCUT2D eigenvalue weighted by Crippen LogP contribution is -2.40. The first-order chi connectivity index (χ1) is 15.5. The first-order valence-corrected chi connectivity index (χ1v) is 11.5. The quantitative estimate of drug-likeness (QED) is 0.655. The number of hydrogen-bond acceptors (Lipinski definition) is 4. The molecule has 3 rings (SSSR count). The van der Waals surface area contributed by atoms with Gasteiger partial charge in [-0.15, -0.1) is 0 Å². The van der Waals surface area contributed by atoms with E-state index < -0.39 is 0 Å². The number of nitrogens with zero attached hydrogens (tertiary/aromatic N) is 2. The van der Waals surface area contributed by atoms with E-state index in [0.717, 1.165) is 50.2 Å². The zero-order valence-corrected chi connectivity index (χ0v) is 19.3. The number of aryl methyl sites for hydroxylation is 2. The van der Waals surface area contributed by atoms with Crippen LogP contribution in [0.25, 0.3) is 0 Å².